The first-order valence-electron chi connectivity index (χ1n) is 6.99. The van der Waals surface area contributed by atoms with Crippen molar-refractivity contribution in [1.29, 1.82) is 0 Å². The Kier molecular flexibility index (Phi) is 4.97. The number of amides is 3. The number of imide groups is 1. The van der Waals surface area contributed by atoms with E-state index >= 15 is 0 Å². The molecule has 1 aromatic carbocycles. The maximum atomic E-state index is 13.5. The molecule has 1 fully saturated rings. The molecule has 1 aliphatic rings. The van der Waals surface area contributed by atoms with Crippen LogP contribution in [0, 0.1) is 5.82 Å². The van der Waals surface area contributed by atoms with E-state index in [1.807, 2.05) is 0 Å². The Morgan fingerprint density at radius 1 is 1.36 bits per heavy atom. The van der Waals surface area contributed by atoms with Crippen molar-refractivity contribution in [2.24, 2.45) is 0 Å². The Labute approximate surface area is 138 Å². The van der Waals surface area contributed by atoms with Crippen LogP contribution in [0.1, 0.15) is 31.4 Å². The Bertz CT molecular complexity index is 624. The maximum Gasteiger partial charge on any atom is 0.325 e. The lowest BCUT2D eigenvalue weighted by Gasteiger charge is -2.22. The van der Waals surface area contributed by atoms with Gasteiger partial charge in [-0.2, -0.15) is 0 Å². The average Bonchev–Trinajstić information content (AvgIpc) is 2.66. The molecule has 7 heteroatoms. The quantitative estimate of drug-likeness (QED) is 0.655. The Morgan fingerprint density at radius 2 is 2.05 bits per heavy atom. The molecule has 1 aliphatic heterocycles. The molecule has 2 rings (SSSR count). The molecule has 1 atom stereocenters. The van der Waals surface area contributed by atoms with Crippen LogP contribution in [0.4, 0.5) is 9.18 Å². The van der Waals surface area contributed by atoms with Gasteiger partial charge in [-0.15, -0.1) is 11.6 Å². The van der Waals surface area contributed by atoms with Gasteiger partial charge in [-0.05, 0) is 49.9 Å². The smallest absolute Gasteiger partial charge is 0.323 e. The summed E-state index contributed by atoms with van der Waals surface area (Å²) in [5.41, 5.74) is 0.311. The van der Waals surface area contributed by atoms with Gasteiger partial charge in [0.2, 0.25) is 0 Å². The fraction of sp³-hybridized carbons (Fsp3) is 0.467. The van der Waals surface area contributed by atoms with Crippen molar-refractivity contribution in [3.8, 4) is 0 Å². The molecular formula is C15H17Cl2FN2O2. The molecule has 1 aromatic rings. The average molecular weight is 347 g/mol. The first-order valence-corrected chi connectivity index (χ1v) is 7.90. The number of alkyl halides is 1. The lowest BCUT2D eigenvalue weighted by molar-refractivity contribution is -0.130. The monoisotopic (exact) mass is 346 g/mol. The molecule has 120 valence electrons. The lowest BCUT2D eigenvalue weighted by atomic mass is 9.91. The summed E-state index contributed by atoms with van der Waals surface area (Å²) >= 11 is 11.9. The first-order chi connectivity index (χ1) is 10.3. The predicted molar refractivity (Wildman–Crippen MR) is 83.6 cm³/mol. The second kappa shape index (κ2) is 6.42. The number of hydrogen-bond donors (Lipinski definition) is 1. The van der Waals surface area contributed by atoms with E-state index in [0.29, 0.717) is 30.5 Å². The van der Waals surface area contributed by atoms with Crippen molar-refractivity contribution in [3.05, 3.63) is 34.1 Å². The van der Waals surface area contributed by atoms with Gasteiger partial charge in [0.1, 0.15) is 11.4 Å². The summed E-state index contributed by atoms with van der Waals surface area (Å²) in [6.45, 7) is 3.73. The van der Waals surface area contributed by atoms with Gasteiger partial charge in [0.15, 0.2) is 0 Å². The largest absolute Gasteiger partial charge is 0.325 e. The number of halogens is 3. The topological polar surface area (TPSA) is 49.4 Å². The van der Waals surface area contributed by atoms with E-state index in [1.54, 1.807) is 13.8 Å². The summed E-state index contributed by atoms with van der Waals surface area (Å²) in [6.07, 6.45) is 0.733. The minimum atomic E-state index is -0.991. The molecule has 1 N–H and O–H groups in total. The third-order valence-electron chi connectivity index (χ3n) is 3.94. The third-order valence-corrected chi connectivity index (χ3v) is 4.55. The van der Waals surface area contributed by atoms with Crippen LogP contribution < -0.4 is 5.32 Å². The van der Waals surface area contributed by atoms with Crippen LogP contribution in [-0.2, 0) is 17.1 Å². The standard InChI is InChI=1S/C15H17Cl2FN2O2/c1-3-20-13(21)15(2,19-14(20)22)5-4-9-6-10(18)7-12(17)11(9)8-16/h6-7H,3-5,8H2,1-2H3,(H,19,22). The van der Waals surface area contributed by atoms with Crippen molar-refractivity contribution in [1.82, 2.24) is 10.2 Å². The van der Waals surface area contributed by atoms with E-state index in [2.05, 4.69) is 5.32 Å². The van der Waals surface area contributed by atoms with Gasteiger partial charge in [0, 0.05) is 17.4 Å². The molecule has 22 heavy (non-hydrogen) atoms. The molecule has 1 saturated heterocycles. The van der Waals surface area contributed by atoms with Crippen molar-refractivity contribution in [2.75, 3.05) is 6.54 Å². The Morgan fingerprint density at radius 3 is 2.59 bits per heavy atom. The predicted octanol–water partition coefficient (Wildman–Crippen LogP) is 3.48. The number of rotatable bonds is 5. The van der Waals surface area contributed by atoms with Crippen LogP contribution in [0.3, 0.4) is 0 Å². The molecule has 0 radical (unpaired) electrons. The number of nitrogens with zero attached hydrogens (tertiary/aromatic N) is 1. The molecular weight excluding hydrogens is 330 g/mol. The lowest BCUT2D eigenvalue weighted by Crippen LogP contribution is -2.44. The van der Waals surface area contributed by atoms with Crippen LogP contribution in [0.5, 0.6) is 0 Å². The van der Waals surface area contributed by atoms with E-state index in [0.717, 1.165) is 0 Å². The molecule has 0 spiro atoms. The normalized spacial score (nSPS) is 21.4. The van der Waals surface area contributed by atoms with Crippen LogP contribution >= 0.6 is 23.2 Å². The molecule has 4 nitrogen and oxygen atoms in total. The van der Waals surface area contributed by atoms with Crippen molar-refractivity contribution in [2.45, 2.75) is 38.1 Å². The Hall–Kier alpha value is -1.33. The molecule has 1 heterocycles. The van der Waals surface area contributed by atoms with Crippen LogP contribution in [0.15, 0.2) is 12.1 Å². The van der Waals surface area contributed by atoms with E-state index in [-0.39, 0.29) is 16.8 Å². The molecule has 3 amide bonds. The van der Waals surface area contributed by atoms with Crippen molar-refractivity contribution < 1.29 is 14.0 Å². The van der Waals surface area contributed by atoms with Gasteiger partial charge in [-0.25, -0.2) is 9.18 Å². The third kappa shape index (κ3) is 3.06. The summed E-state index contributed by atoms with van der Waals surface area (Å²) in [5, 5.41) is 2.97. The van der Waals surface area contributed by atoms with E-state index in [4.69, 9.17) is 23.2 Å². The second-order valence-electron chi connectivity index (χ2n) is 5.47. The highest BCUT2D eigenvalue weighted by Crippen LogP contribution is 2.28. The number of benzene rings is 1. The number of likely N-dealkylation sites (N-methyl/N-ethyl adjacent to an activating group) is 1. The van der Waals surface area contributed by atoms with E-state index < -0.39 is 17.4 Å². The summed E-state index contributed by atoms with van der Waals surface area (Å²) in [5.74, 6) is -0.557. The van der Waals surface area contributed by atoms with Gasteiger partial charge in [-0.3, -0.25) is 9.69 Å². The summed E-state index contributed by atoms with van der Waals surface area (Å²) in [6, 6.07) is 2.18. The number of aryl methyl sites for hydroxylation is 1. The molecule has 0 saturated carbocycles. The van der Waals surface area contributed by atoms with Gasteiger partial charge in [0.05, 0.1) is 0 Å². The number of nitrogens with one attached hydrogen (secondary N) is 1. The fourth-order valence-corrected chi connectivity index (χ4v) is 3.29. The summed E-state index contributed by atoms with van der Waals surface area (Å²) in [7, 11) is 0. The molecule has 1 unspecified atom stereocenters. The van der Waals surface area contributed by atoms with E-state index in [9.17, 15) is 14.0 Å². The highest BCUT2D eigenvalue weighted by Gasteiger charge is 2.46. The minimum absolute atomic E-state index is 0.159. The number of carbonyl (C=O) groups excluding carboxylic acids is 2. The number of carbonyl (C=O) groups is 2. The fourth-order valence-electron chi connectivity index (χ4n) is 2.62. The van der Waals surface area contributed by atoms with Gasteiger partial charge in [-0.1, -0.05) is 11.6 Å². The van der Waals surface area contributed by atoms with Crippen LogP contribution in [0.2, 0.25) is 5.02 Å². The highest BCUT2D eigenvalue weighted by molar-refractivity contribution is 6.32. The zero-order valence-corrected chi connectivity index (χ0v) is 13.9. The summed E-state index contributed by atoms with van der Waals surface area (Å²) in [4.78, 5) is 25.2. The van der Waals surface area contributed by atoms with Gasteiger partial charge < -0.3 is 5.32 Å². The molecule has 0 aliphatic carbocycles. The molecule has 0 aromatic heterocycles. The SMILES string of the molecule is CCN1C(=O)NC(C)(CCc2cc(F)cc(Cl)c2CCl)C1=O. The van der Waals surface area contributed by atoms with Crippen LogP contribution in [-0.4, -0.2) is 28.9 Å². The zero-order valence-electron chi connectivity index (χ0n) is 12.4. The van der Waals surface area contributed by atoms with Crippen molar-refractivity contribution in [3.63, 3.8) is 0 Å². The van der Waals surface area contributed by atoms with Crippen LogP contribution in [0.25, 0.3) is 0 Å². The number of urea groups is 1. The highest BCUT2D eigenvalue weighted by atomic mass is 35.5. The second-order valence-corrected chi connectivity index (χ2v) is 6.15. The van der Waals surface area contributed by atoms with Gasteiger partial charge in [0.25, 0.3) is 5.91 Å². The van der Waals surface area contributed by atoms with E-state index in [1.165, 1.54) is 17.0 Å². The number of hydrogen-bond acceptors (Lipinski definition) is 2. The minimum Gasteiger partial charge on any atom is -0.323 e. The molecule has 0 bridgehead atoms. The Balaban J connectivity index is 2.20. The van der Waals surface area contributed by atoms with Crippen molar-refractivity contribution >= 4 is 35.1 Å². The maximum absolute atomic E-state index is 13.5. The zero-order chi connectivity index (χ0) is 16.5. The summed E-state index contributed by atoms with van der Waals surface area (Å²) < 4.78 is 13.5. The van der Waals surface area contributed by atoms with Gasteiger partial charge >= 0.3 is 6.03 Å². The first kappa shape index (κ1) is 17.0.